The molecule has 2 aliphatic rings. The number of piperidine rings is 1. The van der Waals surface area contributed by atoms with Gasteiger partial charge in [-0.05, 0) is 38.1 Å². The summed E-state index contributed by atoms with van der Waals surface area (Å²) in [4.78, 5) is 13.7. The van der Waals surface area contributed by atoms with Gasteiger partial charge in [0.05, 0.1) is 6.61 Å². The number of nitrogens with zero attached hydrogens (tertiary/aromatic N) is 1. The molecule has 0 radical (unpaired) electrons. The number of amides is 1. The fourth-order valence-corrected chi connectivity index (χ4v) is 4.34. The third-order valence-corrected chi connectivity index (χ3v) is 5.74. The van der Waals surface area contributed by atoms with Crippen molar-refractivity contribution in [2.45, 2.75) is 32.3 Å². The normalized spacial score (nSPS) is 20.7. The maximum absolute atomic E-state index is 11.4. The lowest BCUT2D eigenvalue weighted by Gasteiger charge is -2.33. The zero-order chi connectivity index (χ0) is 18.8. The number of rotatable bonds is 4. The van der Waals surface area contributed by atoms with Gasteiger partial charge in [0.1, 0.15) is 5.75 Å². The zero-order valence-corrected chi connectivity index (χ0v) is 16.7. The molecule has 2 aromatic carbocycles. The first kappa shape index (κ1) is 18.5. The van der Waals surface area contributed by atoms with Gasteiger partial charge < -0.3 is 15.2 Å². The fourth-order valence-electron chi connectivity index (χ4n) is 3.79. The molecule has 0 aromatic heterocycles. The van der Waals surface area contributed by atoms with Crippen LogP contribution in [0.3, 0.4) is 0 Å². The Morgan fingerprint density at radius 3 is 2.63 bits per heavy atom. The van der Waals surface area contributed by atoms with Crippen molar-refractivity contribution in [3.63, 3.8) is 0 Å². The standard InChI is InChI=1S/C21H23BrN2O3/c22-18-10-16(12-24-8-6-14(7-9-24)20(23)25)19-17(11-18)13-26-21(27-19)15-4-2-1-3-5-15/h1-5,10-11,14,21H,6-9,12-13H2,(H2,23,25)/t21-/m0/s1. The van der Waals surface area contributed by atoms with E-state index in [4.69, 9.17) is 15.2 Å². The van der Waals surface area contributed by atoms with Gasteiger partial charge in [0.2, 0.25) is 12.2 Å². The molecule has 2 N–H and O–H groups in total. The number of halogens is 1. The van der Waals surface area contributed by atoms with Crippen LogP contribution in [0.1, 0.15) is 35.8 Å². The molecule has 1 amide bonds. The molecular weight excluding hydrogens is 408 g/mol. The molecule has 1 saturated heterocycles. The van der Waals surface area contributed by atoms with E-state index in [-0.39, 0.29) is 18.1 Å². The van der Waals surface area contributed by atoms with Crippen LogP contribution in [0.25, 0.3) is 0 Å². The Kier molecular flexibility index (Phi) is 5.48. The predicted molar refractivity (Wildman–Crippen MR) is 106 cm³/mol. The molecule has 1 fully saturated rings. The smallest absolute Gasteiger partial charge is 0.227 e. The van der Waals surface area contributed by atoms with Gasteiger partial charge in [0.15, 0.2) is 0 Å². The molecule has 0 spiro atoms. The topological polar surface area (TPSA) is 64.8 Å². The number of benzene rings is 2. The van der Waals surface area contributed by atoms with Crippen molar-refractivity contribution in [3.05, 3.63) is 63.6 Å². The Bertz CT molecular complexity index is 820. The highest BCUT2D eigenvalue weighted by atomic mass is 79.9. The second-order valence-electron chi connectivity index (χ2n) is 7.18. The average Bonchev–Trinajstić information content (AvgIpc) is 2.69. The molecular formula is C21H23BrN2O3. The molecule has 0 aliphatic carbocycles. The summed E-state index contributed by atoms with van der Waals surface area (Å²) < 4.78 is 13.2. The van der Waals surface area contributed by atoms with Gasteiger partial charge in [-0.3, -0.25) is 9.69 Å². The number of likely N-dealkylation sites (tertiary alicyclic amines) is 1. The molecule has 0 saturated carbocycles. The van der Waals surface area contributed by atoms with Gasteiger partial charge in [-0.2, -0.15) is 0 Å². The van der Waals surface area contributed by atoms with Crippen LogP contribution >= 0.6 is 15.9 Å². The molecule has 6 heteroatoms. The van der Waals surface area contributed by atoms with E-state index < -0.39 is 0 Å². The number of nitrogens with two attached hydrogens (primary N) is 1. The summed E-state index contributed by atoms with van der Waals surface area (Å²) in [5.41, 5.74) is 8.66. The average molecular weight is 431 g/mol. The first-order valence-corrected chi connectivity index (χ1v) is 10.1. The van der Waals surface area contributed by atoms with Gasteiger partial charge in [0, 0.05) is 33.6 Å². The van der Waals surface area contributed by atoms with Gasteiger partial charge in [-0.1, -0.05) is 46.3 Å². The number of fused-ring (bicyclic) bond motifs is 1. The third kappa shape index (κ3) is 4.18. The van der Waals surface area contributed by atoms with E-state index in [1.54, 1.807) is 0 Å². The number of hydrogen-bond acceptors (Lipinski definition) is 4. The van der Waals surface area contributed by atoms with E-state index >= 15 is 0 Å². The summed E-state index contributed by atoms with van der Waals surface area (Å²) in [6.45, 7) is 3.04. The zero-order valence-electron chi connectivity index (χ0n) is 15.1. The minimum absolute atomic E-state index is 0.00443. The Hall–Kier alpha value is -1.89. The monoisotopic (exact) mass is 430 g/mol. The highest BCUT2D eigenvalue weighted by molar-refractivity contribution is 9.10. The van der Waals surface area contributed by atoms with Gasteiger partial charge in [-0.15, -0.1) is 0 Å². The van der Waals surface area contributed by atoms with Crippen LogP contribution in [0.2, 0.25) is 0 Å². The summed E-state index contributed by atoms with van der Waals surface area (Å²) in [6.07, 6.45) is 1.25. The van der Waals surface area contributed by atoms with E-state index in [1.165, 1.54) is 0 Å². The van der Waals surface area contributed by atoms with E-state index in [0.717, 1.165) is 59.4 Å². The van der Waals surface area contributed by atoms with E-state index in [0.29, 0.717) is 6.61 Å². The fraction of sp³-hybridized carbons (Fsp3) is 0.381. The van der Waals surface area contributed by atoms with Crippen LogP contribution in [0.4, 0.5) is 0 Å². The summed E-state index contributed by atoms with van der Waals surface area (Å²) >= 11 is 3.60. The van der Waals surface area contributed by atoms with Crippen LogP contribution in [-0.2, 0) is 22.7 Å². The minimum Gasteiger partial charge on any atom is -0.460 e. The molecule has 4 rings (SSSR count). The Labute approximate surface area is 167 Å². The van der Waals surface area contributed by atoms with Crippen LogP contribution < -0.4 is 10.5 Å². The van der Waals surface area contributed by atoms with Gasteiger partial charge in [0.25, 0.3) is 0 Å². The Balaban J connectivity index is 1.52. The summed E-state index contributed by atoms with van der Waals surface area (Å²) in [7, 11) is 0. The van der Waals surface area contributed by atoms with Gasteiger partial charge in [-0.25, -0.2) is 0 Å². The van der Waals surface area contributed by atoms with Crippen LogP contribution in [0.5, 0.6) is 5.75 Å². The Morgan fingerprint density at radius 1 is 1.19 bits per heavy atom. The molecule has 5 nitrogen and oxygen atoms in total. The molecule has 27 heavy (non-hydrogen) atoms. The minimum atomic E-state index is -0.390. The van der Waals surface area contributed by atoms with Crippen molar-refractivity contribution in [2.75, 3.05) is 13.1 Å². The molecule has 2 heterocycles. The molecule has 1 atom stereocenters. The second kappa shape index (κ2) is 8.00. The van der Waals surface area contributed by atoms with E-state index in [9.17, 15) is 4.79 Å². The lowest BCUT2D eigenvalue weighted by molar-refractivity contribution is -0.123. The van der Waals surface area contributed by atoms with Crippen LogP contribution in [0.15, 0.2) is 46.9 Å². The first-order valence-electron chi connectivity index (χ1n) is 9.26. The summed E-state index contributed by atoms with van der Waals surface area (Å²) in [6, 6.07) is 14.2. The number of carbonyl (C=O) groups is 1. The number of primary amides is 1. The van der Waals surface area contributed by atoms with Crippen molar-refractivity contribution in [1.82, 2.24) is 4.90 Å². The van der Waals surface area contributed by atoms with Crippen LogP contribution in [0, 0.1) is 5.92 Å². The quantitative estimate of drug-likeness (QED) is 0.801. The number of hydrogen-bond donors (Lipinski definition) is 1. The van der Waals surface area contributed by atoms with Crippen molar-refractivity contribution in [3.8, 4) is 5.75 Å². The number of ether oxygens (including phenoxy) is 2. The third-order valence-electron chi connectivity index (χ3n) is 5.28. The lowest BCUT2D eigenvalue weighted by Crippen LogP contribution is -2.38. The molecule has 0 bridgehead atoms. The van der Waals surface area contributed by atoms with E-state index in [2.05, 4.69) is 33.0 Å². The predicted octanol–water partition coefficient (Wildman–Crippen LogP) is 3.75. The number of carbonyl (C=O) groups excluding carboxylic acids is 1. The first-order chi connectivity index (χ1) is 13.1. The molecule has 2 aliphatic heterocycles. The van der Waals surface area contributed by atoms with Crippen molar-refractivity contribution < 1.29 is 14.3 Å². The molecule has 2 aromatic rings. The maximum Gasteiger partial charge on any atom is 0.227 e. The SMILES string of the molecule is NC(=O)C1CCN(Cc2cc(Br)cc3c2O[C@@H](c2ccccc2)OC3)CC1. The highest BCUT2D eigenvalue weighted by Gasteiger charge is 2.27. The second-order valence-corrected chi connectivity index (χ2v) is 8.09. The maximum atomic E-state index is 11.4. The molecule has 142 valence electrons. The van der Waals surface area contributed by atoms with Crippen molar-refractivity contribution in [2.24, 2.45) is 11.7 Å². The van der Waals surface area contributed by atoms with Crippen molar-refractivity contribution in [1.29, 1.82) is 0 Å². The van der Waals surface area contributed by atoms with E-state index in [1.807, 2.05) is 30.3 Å². The van der Waals surface area contributed by atoms with Crippen molar-refractivity contribution >= 4 is 21.8 Å². The Morgan fingerprint density at radius 2 is 1.93 bits per heavy atom. The largest absolute Gasteiger partial charge is 0.460 e. The summed E-state index contributed by atoms with van der Waals surface area (Å²) in [5, 5.41) is 0. The lowest BCUT2D eigenvalue weighted by atomic mass is 9.96. The van der Waals surface area contributed by atoms with Crippen LogP contribution in [-0.4, -0.2) is 23.9 Å². The molecule has 0 unspecified atom stereocenters. The highest BCUT2D eigenvalue weighted by Crippen LogP contribution is 2.38. The van der Waals surface area contributed by atoms with Gasteiger partial charge >= 0.3 is 0 Å². The summed E-state index contributed by atoms with van der Waals surface area (Å²) in [5.74, 6) is 0.737.